The van der Waals surface area contributed by atoms with Gasteiger partial charge in [0.2, 0.25) is 0 Å². The van der Waals surface area contributed by atoms with Crippen LogP contribution in [-0.4, -0.2) is 117 Å². The topological polar surface area (TPSA) is 282 Å². The van der Waals surface area contributed by atoms with Gasteiger partial charge in [0, 0.05) is 0 Å². The Morgan fingerprint density at radius 3 is 2.06 bits per heavy atom. The predicted octanol–water partition coefficient (Wildman–Crippen LogP) is -3.17. The van der Waals surface area contributed by atoms with Gasteiger partial charge in [0.25, 0.3) is 0 Å². The van der Waals surface area contributed by atoms with Crippen molar-refractivity contribution in [1.29, 1.82) is 0 Å². The molecule has 36 heavy (non-hydrogen) atoms. The molecule has 0 bridgehead atoms. The fraction of sp³-hybridized carbons (Fsp3) is 0.688. The molecule has 0 amide bonds. The summed E-state index contributed by atoms with van der Waals surface area (Å²) in [6, 6.07) is 0. The molecule has 9 N–H and O–H groups in total. The van der Waals surface area contributed by atoms with Crippen LogP contribution in [0.1, 0.15) is 6.23 Å². The van der Waals surface area contributed by atoms with Crippen LogP contribution in [0.5, 0.6) is 0 Å². The molecule has 2 fully saturated rings. The van der Waals surface area contributed by atoms with Crippen LogP contribution in [0.2, 0.25) is 0 Å². The van der Waals surface area contributed by atoms with Gasteiger partial charge in [-0.25, -0.2) is 15.0 Å². The van der Waals surface area contributed by atoms with Crippen molar-refractivity contribution < 1.29 is 63.0 Å². The van der Waals surface area contributed by atoms with E-state index in [0.717, 1.165) is 6.33 Å². The smallest absolute Gasteiger partial charge is 0.340 e. The average molecular weight is 557 g/mol. The van der Waals surface area contributed by atoms with Crippen LogP contribution in [0.25, 0.3) is 11.2 Å². The summed E-state index contributed by atoms with van der Waals surface area (Å²) in [6.45, 7) is -1.54. The van der Waals surface area contributed by atoms with Gasteiger partial charge in [0.15, 0.2) is 29.9 Å². The van der Waals surface area contributed by atoms with Crippen molar-refractivity contribution in [3.63, 3.8) is 0 Å². The number of hydrogen-bond donors (Lipinski definition) is 8. The van der Waals surface area contributed by atoms with E-state index in [9.17, 15) is 44.4 Å². The van der Waals surface area contributed by atoms with Gasteiger partial charge in [-0.1, -0.05) is 0 Å². The quantitative estimate of drug-likeness (QED) is 0.141. The molecular weight excluding hydrogens is 532 g/mol. The summed E-state index contributed by atoms with van der Waals surface area (Å²) in [5.41, 5.74) is 6.15. The number of nitrogens with zero attached hydrogens (tertiary/aromatic N) is 4. The summed E-state index contributed by atoms with van der Waals surface area (Å²) in [6.07, 6.45) is -9.62. The lowest BCUT2D eigenvalue weighted by Gasteiger charge is -2.21. The van der Waals surface area contributed by atoms with Gasteiger partial charge in [0.05, 0.1) is 19.5 Å². The van der Waals surface area contributed by atoms with E-state index in [1.54, 1.807) is 0 Å². The van der Waals surface area contributed by atoms with Gasteiger partial charge in [-0.3, -0.25) is 13.7 Å². The van der Waals surface area contributed by atoms with Crippen molar-refractivity contribution in [2.75, 3.05) is 24.9 Å². The summed E-state index contributed by atoms with van der Waals surface area (Å²) < 4.78 is 45.7. The largest absolute Gasteiger partial charge is 0.387 e. The maximum atomic E-state index is 12.4. The number of rotatable bonds is 9. The number of nitrogens with two attached hydrogens (primary N) is 1. The standard InChI is InChI=1S/C16H25N5O13P2/c17-13-8-14(19-3-18-13)21(4-20-8)15-11(24)9(22)6(33-15)1-31-35(27,28)5-36(29,30)32-2-7-10(23)12(25)16(26)34-7/h3-4,6-7,9-12,15-16,22-26H,1-2,5H2,(H,27,28)(H,29,30)(H2,17,18,19). The number of hydrogen-bond acceptors (Lipinski definition) is 15. The first kappa shape index (κ1) is 27.4. The lowest BCUT2D eigenvalue weighted by Crippen LogP contribution is -2.34. The average Bonchev–Trinajstić information content (AvgIpc) is 3.42. The molecule has 0 aliphatic carbocycles. The highest BCUT2D eigenvalue weighted by Gasteiger charge is 2.47. The van der Waals surface area contributed by atoms with Crippen LogP contribution in [0.15, 0.2) is 12.7 Å². The van der Waals surface area contributed by atoms with Crippen LogP contribution in [0.3, 0.4) is 0 Å². The second-order valence-electron chi connectivity index (χ2n) is 8.18. The summed E-state index contributed by atoms with van der Waals surface area (Å²) in [5, 5.41) is 49.2. The maximum Gasteiger partial charge on any atom is 0.340 e. The summed E-state index contributed by atoms with van der Waals surface area (Å²) in [4.78, 5) is 31.8. The number of aromatic nitrogens is 4. The Kier molecular flexibility index (Phi) is 7.81. The molecule has 202 valence electrons. The Morgan fingerprint density at radius 2 is 1.47 bits per heavy atom. The summed E-state index contributed by atoms with van der Waals surface area (Å²) >= 11 is 0. The summed E-state index contributed by atoms with van der Waals surface area (Å²) in [5.74, 6) is -1.30. The van der Waals surface area contributed by atoms with E-state index in [-0.39, 0.29) is 17.0 Å². The molecule has 18 nitrogen and oxygen atoms in total. The van der Waals surface area contributed by atoms with Crippen molar-refractivity contribution in [2.24, 2.45) is 0 Å². The zero-order valence-electron chi connectivity index (χ0n) is 18.2. The lowest BCUT2D eigenvalue weighted by atomic mass is 10.1. The molecular formula is C16H25N5O13P2. The molecule has 10 unspecified atom stereocenters. The molecule has 0 saturated carbocycles. The van der Waals surface area contributed by atoms with Crippen molar-refractivity contribution in [1.82, 2.24) is 19.5 Å². The van der Waals surface area contributed by atoms with Crippen LogP contribution in [-0.2, 0) is 27.7 Å². The van der Waals surface area contributed by atoms with Gasteiger partial charge >= 0.3 is 15.2 Å². The normalized spacial score (nSPS) is 36.2. The first-order chi connectivity index (χ1) is 16.8. The minimum atomic E-state index is -4.81. The highest BCUT2D eigenvalue weighted by atomic mass is 31.2. The molecule has 0 spiro atoms. The van der Waals surface area contributed by atoms with E-state index >= 15 is 0 Å². The second-order valence-corrected chi connectivity index (χ2v) is 12.4. The highest BCUT2D eigenvalue weighted by Crippen LogP contribution is 2.58. The minimum Gasteiger partial charge on any atom is -0.387 e. The van der Waals surface area contributed by atoms with E-state index in [0.29, 0.717) is 0 Å². The Hall–Kier alpha value is -1.63. The molecule has 2 aliphatic heterocycles. The molecule has 0 radical (unpaired) electrons. The maximum absolute atomic E-state index is 12.4. The van der Waals surface area contributed by atoms with Crippen molar-refractivity contribution in [3.05, 3.63) is 12.7 Å². The van der Waals surface area contributed by atoms with Crippen LogP contribution < -0.4 is 5.73 Å². The third kappa shape index (κ3) is 5.61. The minimum absolute atomic E-state index is 0.0740. The zero-order chi connectivity index (χ0) is 26.4. The monoisotopic (exact) mass is 557 g/mol. The fourth-order valence-corrected chi connectivity index (χ4v) is 6.93. The van der Waals surface area contributed by atoms with Crippen LogP contribution >= 0.6 is 15.2 Å². The molecule has 2 aromatic heterocycles. The first-order valence-corrected chi connectivity index (χ1v) is 13.9. The Labute approximate surface area is 201 Å². The van der Waals surface area contributed by atoms with Crippen molar-refractivity contribution >= 4 is 32.2 Å². The third-order valence-electron chi connectivity index (χ3n) is 5.57. The second kappa shape index (κ2) is 10.3. The van der Waals surface area contributed by atoms with Gasteiger partial charge < -0.3 is 59.6 Å². The van der Waals surface area contributed by atoms with Gasteiger partial charge in [0.1, 0.15) is 48.5 Å². The van der Waals surface area contributed by atoms with Gasteiger partial charge in [-0.15, -0.1) is 0 Å². The van der Waals surface area contributed by atoms with E-state index in [4.69, 9.17) is 19.7 Å². The first-order valence-electron chi connectivity index (χ1n) is 10.4. The Bertz CT molecular complexity index is 1180. The number of ether oxygens (including phenoxy) is 2. The molecule has 0 aromatic carbocycles. The molecule has 4 rings (SSSR count). The number of anilines is 1. The van der Waals surface area contributed by atoms with Crippen LogP contribution in [0, 0.1) is 0 Å². The molecule has 2 aliphatic rings. The Balaban J connectivity index is 1.34. The number of imidazole rings is 1. The van der Waals surface area contributed by atoms with E-state index in [2.05, 4.69) is 19.5 Å². The van der Waals surface area contributed by atoms with E-state index in [1.807, 2.05) is 0 Å². The molecule has 10 atom stereocenters. The lowest BCUT2D eigenvalue weighted by molar-refractivity contribution is -0.131. The predicted molar refractivity (Wildman–Crippen MR) is 115 cm³/mol. The van der Waals surface area contributed by atoms with Gasteiger partial charge in [-0.05, 0) is 0 Å². The van der Waals surface area contributed by atoms with E-state index < -0.39 is 83.5 Å². The number of fused-ring (bicyclic) bond motifs is 1. The Morgan fingerprint density at radius 1 is 0.889 bits per heavy atom. The molecule has 2 saturated heterocycles. The van der Waals surface area contributed by atoms with E-state index in [1.165, 1.54) is 10.9 Å². The van der Waals surface area contributed by atoms with Gasteiger partial charge in [-0.2, -0.15) is 0 Å². The third-order valence-corrected chi connectivity index (χ3v) is 9.54. The van der Waals surface area contributed by atoms with Crippen LogP contribution in [0.4, 0.5) is 5.82 Å². The van der Waals surface area contributed by atoms with Crippen molar-refractivity contribution in [3.8, 4) is 0 Å². The number of aliphatic hydroxyl groups excluding tert-OH is 5. The zero-order valence-corrected chi connectivity index (χ0v) is 20.0. The molecule has 20 heteroatoms. The fourth-order valence-electron chi connectivity index (χ4n) is 3.71. The molecule has 2 aromatic rings. The number of nitrogen functional groups attached to an aromatic ring is 1. The SMILES string of the molecule is Nc1ncnc2c1ncn2C1OC(COP(=O)(O)CP(=O)(O)OCC2OC(O)C(O)C2O)C(O)C1O. The van der Waals surface area contributed by atoms with Crippen molar-refractivity contribution in [2.45, 2.75) is 49.1 Å². The summed E-state index contributed by atoms with van der Waals surface area (Å²) in [7, 11) is -9.60. The molecule has 4 heterocycles. The highest BCUT2D eigenvalue weighted by molar-refractivity contribution is 7.70. The number of aliphatic hydroxyl groups is 5.